The lowest BCUT2D eigenvalue weighted by molar-refractivity contribution is -0.132. The van der Waals surface area contributed by atoms with Crippen molar-refractivity contribution in [3.8, 4) is 0 Å². The molecule has 0 aliphatic carbocycles. The Morgan fingerprint density at radius 3 is 2.93 bits per heavy atom. The van der Waals surface area contributed by atoms with Gasteiger partial charge in [-0.05, 0) is 23.6 Å². The molecular weight excluding hydrogens is 406 g/mol. The first-order valence-corrected chi connectivity index (χ1v) is 10.9. The molecule has 4 aromatic rings. The summed E-state index contributed by atoms with van der Waals surface area (Å²) >= 11 is 2.84. The Balaban J connectivity index is 1.27. The zero-order valence-corrected chi connectivity index (χ0v) is 17.0. The van der Waals surface area contributed by atoms with E-state index in [-0.39, 0.29) is 18.4 Å². The Morgan fingerprint density at radius 2 is 2.07 bits per heavy atom. The summed E-state index contributed by atoms with van der Waals surface area (Å²) in [4.78, 5) is 37.5. The largest absolute Gasteiger partial charge is 0.336 e. The number of carbonyl (C=O) groups excluding carboxylic acids is 2. The maximum absolute atomic E-state index is 12.9. The minimum absolute atomic E-state index is 0.0522. The highest BCUT2D eigenvalue weighted by Gasteiger charge is 2.25. The average molecular weight is 424 g/mol. The number of rotatable bonds is 4. The quantitative estimate of drug-likeness (QED) is 0.546. The molecule has 2 amide bonds. The van der Waals surface area contributed by atoms with Gasteiger partial charge in [0.05, 0.1) is 34.5 Å². The summed E-state index contributed by atoms with van der Waals surface area (Å²) in [7, 11) is 0. The zero-order valence-electron chi connectivity index (χ0n) is 15.4. The predicted octanol–water partition coefficient (Wildman–Crippen LogP) is 3.39. The lowest BCUT2D eigenvalue weighted by atomic mass is 10.2. The summed E-state index contributed by atoms with van der Waals surface area (Å²) in [6.07, 6.45) is 2.40. The molecule has 0 atom stereocenters. The summed E-state index contributed by atoms with van der Waals surface area (Å²) in [5.41, 5.74) is 2.80. The fourth-order valence-electron chi connectivity index (χ4n) is 3.41. The van der Waals surface area contributed by atoms with Crippen LogP contribution in [0.4, 0.5) is 5.13 Å². The predicted molar refractivity (Wildman–Crippen MR) is 113 cm³/mol. The summed E-state index contributed by atoms with van der Waals surface area (Å²) in [5.74, 6) is -0.0950. The van der Waals surface area contributed by atoms with Crippen LogP contribution in [0.5, 0.6) is 0 Å². The van der Waals surface area contributed by atoms with Crippen molar-refractivity contribution in [3.05, 3.63) is 63.6 Å². The molecule has 1 aromatic carbocycles. The Morgan fingerprint density at radius 1 is 1.17 bits per heavy atom. The highest BCUT2D eigenvalue weighted by molar-refractivity contribution is 7.16. The summed E-state index contributed by atoms with van der Waals surface area (Å²) in [6.45, 7) is 1.41. The van der Waals surface area contributed by atoms with Crippen molar-refractivity contribution in [2.24, 2.45) is 0 Å². The molecule has 146 valence electrons. The molecule has 4 heterocycles. The number of nitrogens with one attached hydrogen (secondary N) is 1. The maximum Gasteiger partial charge on any atom is 0.267 e. The summed E-state index contributed by atoms with van der Waals surface area (Å²) in [5, 5.41) is 5.32. The summed E-state index contributed by atoms with van der Waals surface area (Å²) in [6, 6.07) is 11.4. The normalized spacial score (nSPS) is 13.4. The SMILES string of the molecule is O=C(Nc1nc2c(s1)CN(C(=O)Cn1cnc3ccccc31)CC2)c1cccs1. The smallest absolute Gasteiger partial charge is 0.267 e. The third kappa shape index (κ3) is 3.54. The first kappa shape index (κ1) is 18.0. The highest BCUT2D eigenvalue weighted by atomic mass is 32.1. The van der Waals surface area contributed by atoms with Crippen LogP contribution in [0.25, 0.3) is 11.0 Å². The molecular formula is C20H17N5O2S2. The van der Waals surface area contributed by atoms with Crippen molar-refractivity contribution in [1.29, 1.82) is 0 Å². The van der Waals surface area contributed by atoms with E-state index in [4.69, 9.17) is 0 Å². The van der Waals surface area contributed by atoms with Crippen LogP contribution in [0, 0.1) is 0 Å². The standard InChI is InChI=1S/C20H17N5O2S2/c26-18(11-25-12-21-13-4-1-2-5-15(13)25)24-8-7-14-17(10-24)29-20(22-14)23-19(27)16-6-3-9-28-16/h1-6,9,12H,7-8,10-11H2,(H,22,23,27). The number of amides is 2. The highest BCUT2D eigenvalue weighted by Crippen LogP contribution is 2.29. The number of benzene rings is 1. The molecule has 0 saturated heterocycles. The topological polar surface area (TPSA) is 80.1 Å². The van der Waals surface area contributed by atoms with Crippen LogP contribution in [0.15, 0.2) is 48.1 Å². The van der Waals surface area contributed by atoms with Gasteiger partial charge in [0, 0.05) is 17.8 Å². The number of hydrogen-bond donors (Lipinski definition) is 1. The van der Waals surface area contributed by atoms with Gasteiger partial charge in [0.25, 0.3) is 5.91 Å². The molecule has 0 unspecified atom stereocenters. The van der Waals surface area contributed by atoms with Crippen LogP contribution < -0.4 is 5.32 Å². The molecule has 0 saturated carbocycles. The van der Waals surface area contributed by atoms with Gasteiger partial charge in [-0.2, -0.15) is 0 Å². The monoisotopic (exact) mass is 423 g/mol. The minimum atomic E-state index is -0.147. The van der Waals surface area contributed by atoms with Gasteiger partial charge in [-0.3, -0.25) is 14.9 Å². The molecule has 0 fully saturated rings. The van der Waals surface area contributed by atoms with Crippen molar-refractivity contribution in [2.75, 3.05) is 11.9 Å². The fraction of sp³-hybridized carbons (Fsp3) is 0.200. The molecule has 0 bridgehead atoms. The third-order valence-electron chi connectivity index (χ3n) is 4.88. The number of hydrogen-bond acceptors (Lipinski definition) is 6. The Kier molecular flexibility index (Phi) is 4.61. The lowest BCUT2D eigenvalue weighted by Crippen LogP contribution is -2.37. The van der Waals surface area contributed by atoms with Gasteiger partial charge < -0.3 is 9.47 Å². The first-order chi connectivity index (χ1) is 14.2. The number of thiazole rings is 1. The van der Waals surface area contributed by atoms with Gasteiger partial charge in [-0.1, -0.05) is 29.5 Å². The van der Waals surface area contributed by atoms with E-state index in [1.807, 2.05) is 45.2 Å². The van der Waals surface area contributed by atoms with Gasteiger partial charge in [0.15, 0.2) is 5.13 Å². The van der Waals surface area contributed by atoms with Crippen LogP contribution in [-0.4, -0.2) is 37.8 Å². The average Bonchev–Trinajstić information content (AvgIpc) is 3.47. The molecule has 3 aromatic heterocycles. The molecule has 7 nitrogen and oxygen atoms in total. The van der Waals surface area contributed by atoms with E-state index in [9.17, 15) is 9.59 Å². The van der Waals surface area contributed by atoms with Gasteiger partial charge in [0.2, 0.25) is 5.91 Å². The number of thiophene rings is 1. The van der Waals surface area contributed by atoms with Crippen LogP contribution in [0.2, 0.25) is 0 Å². The zero-order chi connectivity index (χ0) is 19.8. The number of para-hydroxylation sites is 2. The fourth-order valence-corrected chi connectivity index (χ4v) is 5.05. The van der Waals surface area contributed by atoms with Crippen molar-refractivity contribution in [2.45, 2.75) is 19.5 Å². The van der Waals surface area contributed by atoms with E-state index in [1.165, 1.54) is 22.7 Å². The van der Waals surface area contributed by atoms with Crippen molar-refractivity contribution < 1.29 is 9.59 Å². The number of nitrogens with zero attached hydrogens (tertiary/aromatic N) is 4. The lowest BCUT2D eigenvalue weighted by Gasteiger charge is -2.26. The Hall–Kier alpha value is -3.04. The van der Waals surface area contributed by atoms with E-state index >= 15 is 0 Å². The Bertz CT molecular complexity index is 1190. The van der Waals surface area contributed by atoms with Crippen LogP contribution >= 0.6 is 22.7 Å². The number of fused-ring (bicyclic) bond motifs is 2. The Labute approximate surface area is 174 Å². The number of carbonyl (C=O) groups is 2. The molecule has 29 heavy (non-hydrogen) atoms. The van der Waals surface area contributed by atoms with Gasteiger partial charge in [-0.25, -0.2) is 9.97 Å². The third-order valence-corrected chi connectivity index (χ3v) is 6.75. The van der Waals surface area contributed by atoms with Gasteiger partial charge in [0.1, 0.15) is 6.54 Å². The van der Waals surface area contributed by atoms with Gasteiger partial charge >= 0.3 is 0 Å². The molecule has 1 aliphatic heterocycles. The van der Waals surface area contributed by atoms with Crippen LogP contribution in [0.3, 0.4) is 0 Å². The molecule has 0 spiro atoms. The van der Waals surface area contributed by atoms with Crippen molar-refractivity contribution in [3.63, 3.8) is 0 Å². The molecule has 5 rings (SSSR count). The molecule has 9 heteroatoms. The van der Waals surface area contributed by atoms with Gasteiger partial charge in [-0.15, -0.1) is 11.3 Å². The van der Waals surface area contributed by atoms with E-state index < -0.39 is 0 Å². The first-order valence-electron chi connectivity index (χ1n) is 9.18. The second-order valence-corrected chi connectivity index (χ2v) is 8.78. The molecule has 1 aliphatic rings. The van der Waals surface area contributed by atoms with E-state index in [0.29, 0.717) is 29.5 Å². The minimum Gasteiger partial charge on any atom is -0.336 e. The number of anilines is 1. The number of aromatic nitrogens is 3. The molecule has 1 N–H and O–H groups in total. The van der Waals surface area contributed by atoms with E-state index in [0.717, 1.165) is 21.6 Å². The van der Waals surface area contributed by atoms with Crippen LogP contribution in [0.1, 0.15) is 20.2 Å². The second-order valence-electron chi connectivity index (χ2n) is 6.75. The second kappa shape index (κ2) is 7.41. The van der Waals surface area contributed by atoms with E-state index in [1.54, 1.807) is 12.4 Å². The van der Waals surface area contributed by atoms with Crippen LogP contribution in [-0.2, 0) is 24.3 Å². The molecule has 0 radical (unpaired) electrons. The van der Waals surface area contributed by atoms with Crippen molar-refractivity contribution >= 4 is 50.7 Å². The summed E-state index contributed by atoms with van der Waals surface area (Å²) < 4.78 is 1.88. The maximum atomic E-state index is 12.9. The van der Waals surface area contributed by atoms with Crippen molar-refractivity contribution in [1.82, 2.24) is 19.4 Å². The van der Waals surface area contributed by atoms with E-state index in [2.05, 4.69) is 15.3 Å². The number of imidazole rings is 1.